The Morgan fingerprint density at radius 2 is 2.25 bits per heavy atom. The van der Waals surface area contributed by atoms with E-state index in [1.54, 1.807) is 18.2 Å². The molecule has 3 N–H and O–H groups in total. The van der Waals surface area contributed by atoms with Gasteiger partial charge in [-0.25, -0.2) is 0 Å². The van der Waals surface area contributed by atoms with Gasteiger partial charge in [0.2, 0.25) is 0 Å². The van der Waals surface area contributed by atoms with Gasteiger partial charge in [-0.15, -0.1) is 0 Å². The third-order valence-corrected chi connectivity index (χ3v) is 2.79. The van der Waals surface area contributed by atoms with E-state index in [0.717, 1.165) is 6.42 Å². The zero-order chi connectivity index (χ0) is 11.8. The Morgan fingerprint density at radius 3 is 2.94 bits per heavy atom. The van der Waals surface area contributed by atoms with Crippen molar-refractivity contribution < 1.29 is 9.53 Å². The average molecular weight is 220 g/mol. The summed E-state index contributed by atoms with van der Waals surface area (Å²) in [6.45, 7) is 3.84. The van der Waals surface area contributed by atoms with Crippen LogP contribution in [0.5, 0.6) is 5.75 Å². The number of amides is 1. The predicted molar refractivity (Wildman–Crippen MR) is 63.4 cm³/mol. The maximum atomic E-state index is 11.9. The number of nitrogens with one attached hydrogen (secondary N) is 1. The van der Waals surface area contributed by atoms with Gasteiger partial charge in [0.25, 0.3) is 5.91 Å². The summed E-state index contributed by atoms with van der Waals surface area (Å²) in [5, 5.41) is 2.83. The first kappa shape index (κ1) is 10.8. The highest BCUT2D eigenvalue weighted by atomic mass is 16.5. The molecule has 86 valence electrons. The molecule has 4 nitrogen and oxygen atoms in total. The van der Waals surface area contributed by atoms with Gasteiger partial charge in [0.15, 0.2) is 5.60 Å². The quantitative estimate of drug-likeness (QED) is 0.751. The standard InChI is InChI=1S/C12H16N2O2/c1-3-6-12(2)11(15)14-9-7-8(13)4-5-10(9)16-12/h4-5,7H,3,6,13H2,1-2H3,(H,14,15). The van der Waals surface area contributed by atoms with E-state index in [1.165, 1.54) is 0 Å². The molecule has 1 heterocycles. The minimum Gasteiger partial charge on any atom is -0.476 e. The molecule has 0 saturated carbocycles. The second-order valence-corrected chi connectivity index (χ2v) is 4.29. The summed E-state index contributed by atoms with van der Waals surface area (Å²) in [5.74, 6) is 0.581. The van der Waals surface area contributed by atoms with Gasteiger partial charge in [0.1, 0.15) is 5.75 Å². The minimum absolute atomic E-state index is 0.104. The highest BCUT2D eigenvalue weighted by molar-refractivity contribution is 6.00. The molecule has 1 atom stereocenters. The Bertz CT molecular complexity index is 431. The number of hydrogen-bond donors (Lipinski definition) is 2. The van der Waals surface area contributed by atoms with Crippen molar-refractivity contribution in [2.75, 3.05) is 11.1 Å². The molecule has 2 rings (SSSR count). The molecule has 0 fully saturated rings. The molecule has 1 aliphatic heterocycles. The number of hydrogen-bond acceptors (Lipinski definition) is 3. The number of carbonyl (C=O) groups excluding carboxylic acids is 1. The minimum atomic E-state index is -0.766. The number of rotatable bonds is 2. The Morgan fingerprint density at radius 1 is 1.50 bits per heavy atom. The SMILES string of the molecule is CCCC1(C)Oc2ccc(N)cc2NC1=O. The molecule has 0 aromatic heterocycles. The lowest BCUT2D eigenvalue weighted by molar-refractivity contribution is -0.131. The van der Waals surface area contributed by atoms with E-state index < -0.39 is 5.60 Å². The summed E-state index contributed by atoms with van der Waals surface area (Å²) in [6.07, 6.45) is 1.59. The van der Waals surface area contributed by atoms with Crippen LogP contribution in [0.4, 0.5) is 11.4 Å². The molecule has 1 aromatic carbocycles. The fourth-order valence-electron chi connectivity index (χ4n) is 1.92. The van der Waals surface area contributed by atoms with Crippen LogP contribution in [-0.2, 0) is 4.79 Å². The van der Waals surface area contributed by atoms with E-state index in [9.17, 15) is 4.79 Å². The molecule has 0 saturated heterocycles. The second kappa shape index (κ2) is 3.70. The third-order valence-electron chi connectivity index (χ3n) is 2.79. The maximum Gasteiger partial charge on any atom is 0.268 e. The monoisotopic (exact) mass is 220 g/mol. The van der Waals surface area contributed by atoms with Crippen LogP contribution in [0.25, 0.3) is 0 Å². The summed E-state index contributed by atoms with van der Waals surface area (Å²) < 4.78 is 5.76. The molecule has 0 spiro atoms. The van der Waals surface area contributed by atoms with E-state index >= 15 is 0 Å². The van der Waals surface area contributed by atoms with Gasteiger partial charge in [-0.2, -0.15) is 0 Å². The van der Waals surface area contributed by atoms with Crippen molar-refractivity contribution in [3.63, 3.8) is 0 Å². The lowest BCUT2D eigenvalue weighted by Crippen LogP contribution is -2.48. The first-order chi connectivity index (χ1) is 7.55. The zero-order valence-corrected chi connectivity index (χ0v) is 9.54. The van der Waals surface area contributed by atoms with Crippen LogP contribution in [-0.4, -0.2) is 11.5 Å². The van der Waals surface area contributed by atoms with Crippen molar-refractivity contribution in [2.24, 2.45) is 0 Å². The number of anilines is 2. The van der Waals surface area contributed by atoms with Crippen LogP contribution in [0, 0.1) is 0 Å². The average Bonchev–Trinajstić information content (AvgIpc) is 2.21. The predicted octanol–water partition coefficient (Wildman–Crippen LogP) is 2.16. The summed E-state index contributed by atoms with van der Waals surface area (Å²) in [4.78, 5) is 11.9. The van der Waals surface area contributed by atoms with Crippen LogP contribution < -0.4 is 15.8 Å². The van der Waals surface area contributed by atoms with Crippen molar-refractivity contribution in [1.82, 2.24) is 0 Å². The maximum absolute atomic E-state index is 11.9. The van der Waals surface area contributed by atoms with Gasteiger partial charge < -0.3 is 15.8 Å². The molecule has 0 bridgehead atoms. The zero-order valence-electron chi connectivity index (χ0n) is 9.54. The summed E-state index contributed by atoms with van der Waals surface area (Å²) in [6, 6.07) is 5.26. The van der Waals surface area contributed by atoms with E-state index in [1.807, 2.05) is 13.8 Å². The number of fused-ring (bicyclic) bond motifs is 1. The van der Waals surface area contributed by atoms with Crippen molar-refractivity contribution in [1.29, 1.82) is 0 Å². The van der Waals surface area contributed by atoms with Gasteiger partial charge in [0.05, 0.1) is 5.69 Å². The molecule has 1 aromatic rings. The van der Waals surface area contributed by atoms with Crippen molar-refractivity contribution in [3.05, 3.63) is 18.2 Å². The molecule has 1 amide bonds. The van der Waals surface area contributed by atoms with Crippen LogP contribution in [0.1, 0.15) is 26.7 Å². The number of nitrogen functional groups attached to an aromatic ring is 1. The summed E-state index contributed by atoms with van der Waals surface area (Å²) in [5.41, 5.74) is 6.14. The lowest BCUT2D eigenvalue weighted by atomic mass is 9.97. The van der Waals surface area contributed by atoms with Gasteiger partial charge in [0, 0.05) is 5.69 Å². The van der Waals surface area contributed by atoms with Crippen molar-refractivity contribution in [2.45, 2.75) is 32.3 Å². The Kier molecular flexibility index (Phi) is 2.50. The van der Waals surface area contributed by atoms with Crippen LogP contribution in [0.15, 0.2) is 18.2 Å². The third kappa shape index (κ3) is 1.71. The van der Waals surface area contributed by atoms with Crippen LogP contribution in [0.2, 0.25) is 0 Å². The highest BCUT2D eigenvalue weighted by Crippen LogP contribution is 2.36. The largest absolute Gasteiger partial charge is 0.476 e. The van der Waals surface area contributed by atoms with Crippen LogP contribution >= 0.6 is 0 Å². The van der Waals surface area contributed by atoms with E-state index in [-0.39, 0.29) is 5.91 Å². The second-order valence-electron chi connectivity index (χ2n) is 4.29. The Hall–Kier alpha value is -1.71. The lowest BCUT2D eigenvalue weighted by Gasteiger charge is -2.34. The van der Waals surface area contributed by atoms with Crippen molar-refractivity contribution >= 4 is 17.3 Å². The van der Waals surface area contributed by atoms with Gasteiger partial charge in [-0.3, -0.25) is 4.79 Å². The molecule has 4 heteroatoms. The molecule has 1 unspecified atom stereocenters. The molecule has 1 aliphatic rings. The van der Waals surface area contributed by atoms with E-state index in [4.69, 9.17) is 10.5 Å². The van der Waals surface area contributed by atoms with Gasteiger partial charge in [-0.1, -0.05) is 13.3 Å². The number of nitrogens with two attached hydrogens (primary N) is 1. The first-order valence-corrected chi connectivity index (χ1v) is 5.45. The number of benzene rings is 1. The molecular formula is C12H16N2O2. The van der Waals surface area contributed by atoms with E-state index in [0.29, 0.717) is 23.5 Å². The fourth-order valence-corrected chi connectivity index (χ4v) is 1.92. The molecule has 0 aliphatic carbocycles. The fraction of sp³-hybridized carbons (Fsp3) is 0.417. The summed E-state index contributed by atoms with van der Waals surface area (Å²) >= 11 is 0. The molecule has 0 radical (unpaired) electrons. The van der Waals surface area contributed by atoms with Crippen molar-refractivity contribution in [3.8, 4) is 5.75 Å². The van der Waals surface area contributed by atoms with Gasteiger partial charge in [-0.05, 0) is 31.5 Å². The Balaban J connectivity index is 2.35. The number of ether oxygens (including phenoxy) is 1. The highest BCUT2D eigenvalue weighted by Gasteiger charge is 2.39. The topological polar surface area (TPSA) is 64.3 Å². The number of carbonyl (C=O) groups is 1. The van der Waals surface area contributed by atoms with Crippen LogP contribution in [0.3, 0.4) is 0 Å². The van der Waals surface area contributed by atoms with Gasteiger partial charge >= 0.3 is 0 Å². The normalized spacial score (nSPS) is 23.2. The first-order valence-electron chi connectivity index (χ1n) is 5.45. The molecule has 16 heavy (non-hydrogen) atoms. The molecular weight excluding hydrogens is 204 g/mol. The van der Waals surface area contributed by atoms with E-state index in [2.05, 4.69) is 5.32 Å². The smallest absolute Gasteiger partial charge is 0.268 e. The summed E-state index contributed by atoms with van der Waals surface area (Å²) in [7, 11) is 0. The Labute approximate surface area is 94.8 Å².